The van der Waals surface area contributed by atoms with E-state index < -0.39 is 0 Å². The van der Waals surface area contributed by atoms with Crippen molar-refractivity contribution >= 4 is 28.9 Å². The molecule has 0 aliphatic heterocycles. The highest BCUT2D eigenvalue weighted by Gasteiger charge is 2.09. The molecule has 3 nitrogen and oxygen atoms in total. The molecule has 21 heavy (non-hydrogen) atoms. The smallest absolute Gasteiger partial charge is 0.174 e. The van der Waals surface area contributed by atoms with Crippen molar-refractivity contribution < 1.29 is 4.74 Å². The second kappa shape index (κ2) is 7.21. The molecular weight excluding hydrogens is 307 g/mol. The van der Waals surface area contributed by atoms with Gasteiger partial charge >= 0.3 is 0 Å². The average molecular weight is 321 g/mol. The van der Waals surface area contributed by atoms with Crippen LogP contribution in [0.4, 0.5) is 5.69 Å². The fourth-order valence-corrected chi connectivity index (χ4v) is 2.26. The van der Waals surface area contributed by atoms with Gasteiger partial charge in [0, 0.05) is 6.04 Å². The van der Waals surface area contributed by atoms with Gasteiger partial charge in [0.2, 0.25) is 0 Å². The number of anilines is 1. The van der Waals surface area contributed by atoms with Gasteiger partial charge in [0.05, 0.1) is 15.7 Å². The molecule has 0 aliphatic carbocycles. The van der Waals surface area contributed by atoms with E-state index in [0.717, 1.165) is 11.3 Å². The largest absolute Gasteiger partial charge is 0.479 e. The first-order chi connectivity index (χ1) is 10.1. The van der Waals surface area contributed by atoms with Crippen LogP contribution in [0.25, 0.3) is 0 Å². The van der Waals surface area contributed by atoms with E-state index in [0.29, 0.717) is 15.8 Å². The Morgan fingerprint density at radius 3 is 2.57 bits per heavy atom. The van der Waals surface area contributed by atoms with Gasteiger partial charge in [-0.05, 0) is 36.8 Å². The molecule has 0 fully saturated rings. The molecule has 0 heterocycles. The molecule has 2 rings (SSSR count). The highest BCUT2D eigenvalue weighted by molar-refractivity contribution is 6.43. The number of nitrogens with zero attached hydrogens (tertiary/aromatic N) is 1. The molecule has 0 aromatic heterocycles. The van der Waals surface area contributed by atoms with E-state index in [2.05, 4.69) is 5.32 Å². The lowest BCUT2D eigenvalue weighted by Crippen LogP contribution is -2.07. The van der Waals surface area contributed by atoms with E-state index in [1.807, 2.05) is 49.4 Å². The van der Waals surface area contributed by atoms with E-state index in [1.54, 1.807) is 6.07 Å². The van der Waals surface area contributed by atoms with Gasteiger partial charge in [0.25, 0.3) is 0 Å². The first kappa shape index (κ1) is 15.5. The topological polar surface area (TPSA) is 45.0 Å². The van der Waals surface area contributed by atoms with Crippen molar-refractivity contribution in [2.24, 2.45) is 0 Å². The highest BCUT2D eigenvalue weighted by Crippen LogP contribution is 2.32. The van der Waals surface area contributed by atoms with E-state index in [1.165, 1.54) is 0 Å². The first-order valence-electron chi connectivity index (χ1n) is 6.42. The Morgan fingerprint density at radius 1 is 1.19 bits per heavy atom. The fourth-order valence-electron chi connectivity index (χ4n) is 1.90. The molecule has 0 spiro atoms. The lowest BCUT2D eigenvalue weighted by Gasteiger charge is -2.17. The molecule has 0 saturated heterocycles. The van der Waals surface area contributed by atoms with Crippen LogP contribution in [0, 0.1) is 11.3 Å². The summed E-state index contributed by atoms with van der Waals surface area (Å²) in [5.74, 6) is 0.674. The summed E-state index contributed by atoms with van der Waals surface area (Å²) in [6, 6.07) is 15.1. The van der Waals surface area contributed by atoms with Crippen LogP contribution in [0.15, 0.2) is 42.5 Å². The fraction of sp³-hybridized carbons (Fsp3) is 0.188. The molecule has 0 radical (unpaired) electrons. The Morgan fingerprint density at radius 2 is 1.90 bits per heavy atom. The van der Waals surface area contributed by atoms with Crippen molar-refractivity contribution in [3.8, 4) is 11.8 Å². The maximum atomic E-state index is 8.47. The van der Waals surface area contributed by atoms with Crippen molar-refractivity contribution in [3.63, 3.8) is 0 Å². The molecule has 0 amide bonds. The number of nitrogens with one attached hydrogen (secondary N) is 1. The molecule has 5 heteroatoms. The van der Waals surface area contributed by atoms with E-state index in [4.69, 9.17) is 33.2 Å². The van der Waals surface area contributed by atoms with E-state index >= 15 is 0 Å². The van der Waals surface area contributed by atoms with E-state index in [9.17, 15) is 0 Å². The van der Waals surface area contributed by atoms with Crippen LogP contribution < -0.4 is 10.1 Å². The van der Waals surface area contributed by atoms with Gasteiger partial charge < -0.3 is 10.1 Å². The van der Waals surface area contributed by atoms with Gasteiger partial charge in [-0.3, -0.25) is 0 Å². The third kappa shape index (κ3) is 4.04. The van der Waals surface area contributed by atoms with Gasteiger partial charge in [-0.25, -0.2) is 0 Å². The predicted octanol–water partition coefficient (Wildman–Crippen LogP) is 5.07. The maximum absolute atomic E-state index is 8.47. The quantitative estimate of drug-likeness (QED) is 0.836. The molecule has 0 bridgehead atoms. The lowest BCUT2D eigenvalue weighted by atomic mass is 10.1. The standard InChI is InChI=1S/C16H14Cl2N2O/c1-11(20-15-4-2-3-14(17)16(15)18)12-5-7-13(8-6-12)21-10-9-19/h2-8,11,20H,10H2,1H3. The number of hydrogen-bond acceptors (Lipinski definition) is 3. The molecule has 108 valence electrons. The lowest BCUT2D eigenvalue weighted by molar-refractivity contribution is 0.368. The monoisotopic (exact) mass is 320 g/mol. The van der Waals surface area contributed by atoms with Gasteiger partial charge in [-0.2, -0.15) is 5.26 Å². The Labute approximate surface area is 134 Å². The van der Waals surface area contributed by atoms with Crippen LogP contribution in [0.5, 0.6) is 5.75 Å². The molecule has 0 aliphatic rings. The second-order valence-electron chi connectivity index (χ2n) is 4.48. The molecule has 1 atom stereocenters. The minimum atomic E-state index is 0.0469. The van der Waals surface area contributed by atoms with Crippen LogP contribution in [-0.2, 0) is 0 Å². The summed E-state index contributed by atoms with van der Waals surface area (Å²) in [5, 5.41) is 12.8. The zero-order valence-electron chi connectivity index (χ0n) is 11.4. The van der Waals surface area contributed by atoms with E-state index in [-0.39, 0.29) is 12.6 Å². The summed E-state index contributed by atoms with van der Waals surface area (Å²) in [5.41, 5.74) is 1.87. The van der Waals surface area contributed by atoms with Crippen molar-refractivity contribution in [3.05, 3.63) is 58.1 Å². The normalized spacial score (nSPS) is 11.5. The van der Waals surface area contributed by atoms with Crippen molar-refractivity contribution in [2.75, 3.05) is 11.9 Å². The van der Waals surface area contributed by atoms with Gasteiger partial charge in [0.15, 0.2) is 6.61 Å². The summed E-state index contributed by atoms with van der Waals surface area (Å²) in [4.78, 5) is 0. The number of hydrogen-bond donors (Lipinski definition) is 1. The summed E-state index contributed by atoms with van der Waals surface area (Å²) < 4.78 is 5.22. The van der Waals surface area contributed by atoms with Crippen molar-refractivity contribution in [2.45, 2.75) is 13.0 Å². The van der Waals surface area contributed by atoms with Gasteiger partial charge in [-0.1, -0.05) is 41.4 Å². The zero-order chi connectivity index (χ0) is 15.2. The summed E-state index contributed by atoms with van der Waals surface area (Å²) in [6.07, 6.45) is 0. The summed E-state index contributed by atoms with van der Waals surface area (Å²) >= 11 is 12.2. The summed E-state index contributed by atoms with van der Waals surface area (Å²) in [6.45, 7) is 2.08. The Kier molecular flexibility index (Phi) is 5.32. The SMILES string of the molecule is CC(Nc1cccc(Cl)c1Cl)c1ccc(OCC#N)cc1. The molecule has 1 unspecified atom stereocenters. The number of rotatable bonds is 5. The maximum Gasteiger partial charge on any atom is 0.174 e. The highest BCUT2D eigenvalue weighted by atomic mass is 35.5. The third-order valence-corrected chi connectivity index (χ3v) is 3.83. The number of benzene rings is 2. The van der Waals surface area contributed by atoms with Crippen molar-refractivity contribution in [1.82, 2.24) is 0 Å². The van der Waals surface area contributed by atoms with Crippen molar-refractivity contribution in [1.29, 1.82) is 5.26 Å². The predicted molar refractivity (Wildman–Crippen MR) is 86.0 cm³/mol. The molecule has 2 aromatic rings. The van der Waals surface area contributed by atoms with Crippen LogP contribution >= 0.6 is 23.2 Å². The van der Waals surface area contributed by atoms with Crippen LogP contribution in [0.2, 0.25) is 10.0 Å². The molecular formula is C16H14Cl2N2O. The molecule has 0 saturated carbocycles. The molecule has 1 N–H and O–H groups in total. The zero-order valence-corrected chi connectivity index (χ0v) is 12.9. The number of ether oxygens (including phenoxy) is 1. The van der Waals surface area contributed by atoms with Gasteiger partial charge in [0.1, 0.15) is 11.8 Å². The van der Waals surface area contributed by atoms with Crippen LogP contribution in [0.3, 0.4) is 0 Å². The van der Waals surface area contributed by atoms with Gasteiger partial charge in [-0.15, -0.1) is 0 Å². The Bertz CT molecular complexity index is 650. The van der Waals surface area contributed by atoms with Crippen LogP contribution in [0.1, 0.15) is 18.5 Å². The minimum Gasteiger partial charge on any atom is -0.479 e. The minimum absolute atomic E-state index is 0.0469. The third-order valence-electron chi connectivity index (χ3n) is 3.01. The average Bonchev–Trinajstić information content (AvgIpc) is 2.50. The number of halogens is 2. The first-order valence-corrected chi connectivity index (χ1v) is 7.17. The molecule has 2 aromatic carbocycles. The Hall–Kier alpha value is -1.89. The number of nitriles is 1. The Balaban J connectivity index is 2.08. The second-order valence-corrected chi connectivity index (χ2v) is 5.27. The summed E-state index contributed by atoms with van der Waals surface area (Å²) in [7, 11) is 0. The van der Waals surface area contributed by atoms with Crippen LogP contribution in [-0.4, -0.2) is 6.61 Å².